The van der Waals surface area contributed by atoms with Crippen LogP contribution in [0.3, 0.4) is 0 Å². The average Bonchev–Trinajstić information content (AvgIpc) is 2.46. The number of carboxylic acid groups (broad SMARTS) is 1. The lowest BCUT2D eigenvalue weighted by Gasteiger charge is -2.36. The minimum absolute atomic E-state index is 0.220. The van der Waals surface area contributed by atoms with E-state index in [9.17, 15) is 4.79 Å². The van der Waals surface area contributed by atoms with Gasteiger partial charge in [-0.2, -0.15) is 0 Å². The Hall–Kier alpha value is -1.75. The molecule has 1 aliphatic rings. The molecule has 1 aliphatic carbocycles. The second kappa shape index (κ2) is 6.13. The number of carboxylic acids is 1. The molecule has 0 saturated heterocycles. The molecule has 0 aliphatic heterocycles. The van der Waals surface area contributed by atoms with Crippen molar-refractivity contribution in [3.63, 3.8) is 0 Å². The molecule has 1 aromatic carbocycles. The zero-order valence-electron chi connectivity index (χ0n) is 12.0. The van der Waals surface area contributed by atoms with Crippen LogP contribution in [0.5, 0.6) is 0 Å². The molecule has 0 aromatic heterocycles. The van der Waals surface area contributed by atoms with Crippen molar-refractivity contribution in [2.45, 2.75) is 37.8 Å². The Morgan fingerprint density at radius 1 is 1.45 bits per heavy atom. The molecular formula is C15H22N2O3. The predicted octanol–water partition coefficient (Wildman–Crippen LogP) is 2.36. The van der Waals surface area contributed by atoms with E-state index in [1.54, 1.807) is 19.2 Å². The lowest BCUT2D eigenvalue weighted by Crippen LogP contribution is -2.38. The van der Waals surface area contributed by atoms with Crippen LogP contribution in [0.2, 0.25) is 0 Å². The number of ether oxygens (including phenoxy) is 1. The van der Waals surface area contributed by atoms with E-state index >= 15 is 0 Å². The van der Waals surface area contributed by atoms with Crippen molar-refractivity contribution >= 4 is 17.3 Å². The summed E-state index contributed by atoms with van der Waals surface area (Å²) < 4.78 is 5.45. The van der Waals surface area contributed by atoms with Crippen molar-refractivity contribution in [3.05, 3.63) is 23.8 Å². The number of hydrogen-bond acceptors (Lipinski definition) is 4. The van der Waals surface area contributed by atoms with Gasteiger partial charge in [-0.05, 0) is 43.9 Å². The Morgan fingerprint density at radius 2 is 2.20 bits per heavy atom. The van der Waals surface area contributed by atoms with Crippen LogP contribution >= 0.6 is 0 Å². The minimum Gasteiger partial charge on any atom is -0.478 e. The predicted molar refractivity (Wildman–Crippen MR) is 79.3 cm³/mol. The molecule has 0 bridgehead atoms. The Labute approximate surface area is 119 Å². The van der Waals surface area contributed by atoms with E-state index in [2.05, 4.69) is 4.90 Å². The molecule has 1 aromatic rings. The molecule has 0 amide bonds. The van der Waals surface area contributed by atoms with Gasteiger partial charge in [-0.1, -0.05) is 0 Å². The molecule has 2 unspecified atom stereocenters. The van der Waals surface area contributed by atoms with Crippen molar-refractivity contribution in [3.8, 4) is 0 Å². The fourth-order valence-corrected chi connectivity index (χ4v) is 2.89. The highest BCUT2D eigenvalue weighted by atomic mass is 16.5. The summed E-state index contributed by atoms with van der Waals surface area (Å²) in [6.45, 7) is 0. The monoisotopic (exact) mass is 278 g/mol. The first-order valence-electron chi connectivity index (χ1n) is 6.91. The SMILES string of the molecule is COC1CCCC(N(C)c2ccc(C(=O)O)cc2N)C1. The standard InChI is InChI=1S/C15H22N2O3/c1-17(11-4-3-5-12(9-11)20-2)14-7-6-10(15(18)19)8-13(14)16/h6-8,11-12H,3-5,9,16H2,1-2H3,(H,18,19). The fraction of sp³-hybridized carbons (Fsp3) is 0.533. The number of hydrogen-bond donors (Lipinski definition) is 2. The molecule has 2 atom stereocenters. The highest BCUT2D eigenvalue weighted by Crippen LogP contribution is 2.31. The maximum absolute atomic E-state index is 10.9. The van der Waals surface area contributed by atoms with E-state index in [-0.39, 0.29) is 5.56 Å². The van der Waals surface area contributed by atoms with Gasteiger partial charge < -0.3 is 20.5 Å². The Bertz CT molecular complexity index is 490. The van der Waals surface area contributed by atoms with Crippen molar-refractivity contribution in [2.75, 3.05) is 24.8 Å². The van der Waals surface area contributed by atoms with Gasteiger partial charge in [-0.3, -0.25) is 0 Å². The topological polar surface area (TPSA) is 75.8 Å². The molecule has 110 valence electrons. The first kappa shape index (κ1) is 14.7. The normalized spacial score (nSPS) is 22.5. The largest absolute Gasteiger partial charge is 0.478 e. The molecular weight excluding hydrogens is 256 g/mol. The summed E-state index contributed by atoms with van der Waals surface area (Å²) >= 11 is 0. The minimum atomic E-state index is -0.956. The number of aromatic carboxylic acids is 1. The van der Waals surface area contributed by atoms with E-state index in [1.807, 2.05) is 7.05 Å². The molecule has 1 fully saturated rings. The van der Waals surface area contributed by atoms with E-state index in [1.165, 1.54) is 6.07 Å². The first-order valence-corrected chi connectivity index (χ1v) is 6.91. The summed E-state index contributed by atoms with van der Waals surface area (Å²) in [5, 5.41) is 8.97. The molecule has 5 heteroatoms. The van der Waals surface area contributed by atoms with Gasteiger partial charge in [0, 0.05) is 20.2 Å². The third-order valence-corrected chi connectivity index (χ3v) is 4.13. The number of benzene rings is 1. The quantitative estimate of drug-likeness (QED) is 0.827. The summed E-state index contributed by atoms with van der Waals surface area (Å²) in [5.41, 5.74) is 7.61. The zero-order valence-corrected chi connectivity index (χ0v) is 12.0. The van der Waals surface area contributed by atoms with Crippen LogP contribution in [-0.2, 0) is 4.74 Å². The van der Waals surface area contributed by atoms with Crippen molar-refractivity contribution in [1.82, 2.24) is 0 Å². The number of methoxy groups -OCH3 is 1. The molecule has 0 radical (unpaired) electrons. The number of carbonyl (C=O) groups is 1. The van der Waals surface area contributed by atoms with Gasteiger partial charge in [-0.15, -0.1) is 0 Å². The Kier molecular flexibility index (Phi) is 4.49. The van der Waals surface area contributed by atoms with E-state index in [4.69, 9.17) is 15.6 Å². The van der Waals surface area contributed by atoms with Crippen molar-refractivity contribution < 1.29 is 14.6 Å². The molecule has 20 heavy (non-hydrogen) atoms. The lowest BCUT2D eigenvalue weighted by atomic mass is 9.91. The summed E-state index contributed by atoms with van der Waals surface area (Å²) in [6.07, 6.45) is 4.63. The van der Waals surface area contributed by atoms with Crippen LogP contribution in [0.4, 0.5) is 11.4 Å². The highest BCUT2D eigenvalue weighted by molar-refractivity contribution is 5.90. The molecule has 0 spiro atoms. The number of nitrogens with zero attached hydrogens (tertiary/aromatic N) is 1. The maximum atomic E-state index is 10.9. The van der Waals surface area contributed by atoms with Crippen molar-refractivity contribution in [2.24, 2.45) is 0 Å². The van der Waals surface area contributed by atoms with Gasteiger partial charge in [-0.25, -0.2) is 4.79 Å². The average molecular weight is 278 g/mol. The van der Waals surface area contributed by atoms with Gasteiger partial charge in [0.15, 0.2) is 0 Å². The molecule has 3 N–H and O–H groups in total. The third-order valence-electron chi connectivity index (χ3n) is 4.13. The van der Waals surface area contributed by atoms with Crippen LogP contribution in [0.25, 0.3) is 0 Å². The second-order valence-corrected chi connectivity index (χ2v) is 5.37. The van der Waals surface area contributed by atoms with Crippen LogP contribution in [-0.4, -0.2) is 37.4 Å². The summed E-state index contributed by atoms with van der Waals surface area (Å²) in [4.78, 5) is 13.1. The Morgan fingerprint density at radius 3 is 2.80 bits per heavy atom. The zero-order chi connectivity index (χ0) is 14.7. The maximum Gasteiger partial charge on any atom is 0.335 e. The number of nitrogens with two attached hydrogens (primary N) is 1. The van der Waals surface area contributed by atoms with Crippen LogP contribution in [0.15, 0.2) is 18.2 Å². The molecule has 0 heterocycles. The van der Waals surface area contributed by atoms with Crippen molar-refractivity contribution in [1.29, 1.82) is 0 Å². The molecule has 5 nitrogen and oxygen atoms in total. The fourth-order valence-electron chi connectivity index (χ4n) is 2.89. The van der Waals surface area contributed by atoms with Crippen LogP contribution < -0.4 is 10.6 Å². The van der Waals surface area contributed by atoms with E-state index < -0.39 is 5.97 Å². The first-order chi connectivity index (χ1) is 9.52. The van der Waals surface area contributed by atoms with Gasteiger partial charge >= 0.3 is 5.97 Å². The Balaban J connectivity index is 2.16. The molecule has 1 saturated carbocycles. The van der Waals surface area contributed by atoms with Gasteiger partial charge in [0.1, 0.15) is 0 Å². The van der Waals surface area contributed by atoms with E-state index in [0.717, 1.165) is 31.4 Å². The smallest absolute Gasteiger partial charge is 0.335 e. The number of anilines is 2. The lowest BCUT2D eigenvalue weighted by molar-refractivity contribution is 0.0637. The van der Waals surface area contributed by atoms with E-state index in [0.29, 0.717) is 17.8 Å². The van der Waals surface area contributed by atoms with Crippen LogP contribution in [0.1, 0.15) is 36.0 Å². The summed E-state index contributed by atoms with van der Waals surface area (Å²) in [7, 11) is 3.76. The molecule has 2 rings (SSSR count). The van der Waals surface area contributed by atoms with Crippen LogP contribution in [0, 0.1) is 0 Å². The summed E-state index contributed by atoms with van der Waals surface area (Å²) in [6, 6.07) is 5.29. The van der Waals surface area contributed by atoms with Gasteiger partial charge in [0.05, 0.1) is 23.0 Å². The van der Waals surface area contributed by atoms with Gasteiger partial charge in [0.25, 0.3) is 0 Å². The second-order valence-electron chi connectivity index (χ2n) is 5.37. The third kappa shape index (κ3) is 3.04. The highest BCUT2D eigenvalue weighted by Gasteiger charge is 2.25. The number of nitrogen functional groups attached to an aromatic ring is 1. The van der Waals surface area contributed by atoms with Gasteiger partial charge in [0.2, 0.25) is 0 Å². The number of rotatable bonds is 4. The summed E-state index contributed by atoms with van der Waals surface area (Å²) in [5.74, 6) is -0.956.